The van der Waals surface area contributed by atoms with Crippen molar-refractivity contribution >= 4 is 33.2 Å². The summed E-state index contributed by atoms with van der Waals surface area (Å²) in [5, 5.41) is 2.65. The molecule has 6 nitrogen and oxygen atoms in total. The zero-order chi connectivity index (χ0) is 23.3. The molecule has 3 aromatic carbocycles. The Hall–Kier alpha value is -3.10. The highest BCUT2D eigenvalue weighted by Gasteiger charge is 2.21. The number of sulfonamides is 1. The average Bonchev–Trinajstić information content (AvgIpc) is 2.74. The van der Waals surface area contributed by atoms with E-state index in [1.807, 2.05) is 13.0 Å². The third kappa shape index (κ3) is 5.99. The summed E-state index contributed by atoms with van der Waals surface area (Å²) in [5.74, 6) is -0.378. The number of amides is 1. The molecule has 0 saturated carbocycles. The standard InChI is InChI=1S/C23H22ClFN2O4S/c1-15-3-10-21(16(2)13-15)27-32(29,30)22-14-17(4-9-20(22)24)23(28)26-11-12-31-19-7-5-18(25)6-8-19/h3-10,13-14,27H,11-12H2,1-2H3,(H,26,28). The van der Waals surface area contributed by atoms with E-state index in [4.69, 9.17) is 16.3 Å². The number of halogens is 2. The number of ether oxygens (including phenoxy) is 1. The highest BCUT2D eigenvalue weighted by atomic mass is 35.5. The lowest BCUT2D eigenvalue weighted by Gasteiger charge is -2.13. The van der Waals surface area contributed by atoms with Crippen LogP contribution < -0.4 is 14.8 Å². The van der Waals surface area contributed by atoms with Crippen molar-refractivity contribution in [2.45, 2.75) is 18.7 Å². The molecule has 0 fully saturated rings. The van der Waals surface area contributed by atoms with Crippen LogP contribution in [-0.4, -0.2) is 27.5 Å². The van der Waals surface area contributed by atoms with Gasteiger partial charge in [0.1, 0.15) is 23.1 Å². The SMILES string of the molecule is Cc1ccc(NS(=O)(=O)c2cc(C(=O)NCCOc3ccc(F)cc3)ccc2Cl)c(C)c1. The molecule has 0 aliphatic rings. The minimum absolute atomic E-state index is 0.00143. The zero-order valence-corrected chi connectivity index (χ0v) is 19.1. The molecule has 0 aromatic heterocycles. The van der Waals surface area contributed by atoms with E-state index in [0.717, 1.165) is 11.1 Å². The molecule has 0 aliphatic heterocycles. The van der Waals surface area contributed by atoms with Gasteiger partial charge in [0.15, 0.2) is 0 Å². The first-order valence-electron chi connectivity index (χ1n) is 9.72. The van der Waals surface area contributed by atoms with Gasteiger partial charge in [0, 0.05) is 5.56 Å². The molecule has 32 heavy (non-hydrogen) atoms. The van der Waals surface area contributed by atoms with Gasteiger partial charge in [-0.1, -0.05) is 29.3 Å². The highest BCUT2D eigenvalue weighted by Crippen LogP contribution is 2.26. The molecule has 168 valence electrons. The van der Waals surface area contributed by atoms with Crippen molar-refractivity contribution in [3.63, 3.8) is 0 Å². The Kier molecular flexibility index (Phi) is 7.37. The van der Waals surface area contributed by atoms with E-state index in [-0.39, 0.29) is 34.5 Å². The van der Waals surface area contributed by atoms with Gasteiger partial charge in [0.2, 0.25) is 0 Å². The van der Waals surface area contributed by atoms with Crippen LogP contribution in [0.2, 0.25) is 5.02 Å². The number of hydrogen-bond acceptors (Lipinski definition) is 4. The van der Waals surface area contributed by atoms with Gasteiger partial charge >= 0.3 is 0 Å². The van der Waals surface area contributed by atoms with Gasteiger partial charge in [-0.25, -0.2) is 12.8 Å². The van der Waals surface area contributed by atoms with Crippen molar-refractivity contribution in [2.75, 3.05) is 17.9 Å². The number of rotatable bonds is 8. The largest absolute Gasteiger partial charge is 0.492 e. The number of anilines is 1. The molecule has 0 bridgehead atoms. The normalized spacial score (nSPS) is 11.1. The molecule has 0 spiro atoms. The maximum atomic E-state index is 12.9. The molecule has 0 unspecified atom stereocenters. The summed E-state index contributed by atoms with van der Waals surface area (Å²) in [5.41, 5.74) is 2.34. The van der Waals surface area contributed by atoms with Crippen LogP contribution >= 0.6 is 11.6 Å². The molecule has 3 rings (SSSR count). The van der Waals surface area contributed by atoms with E-state index in [2.05, 4.69) is 10.0 Å². The highest BCUT2D eigenvalue weighted by molar-refractivity contribution is 7.92. The first-order valence-corrected chi connectivity index (χ1v) is 11.6. The number of aryl methyl sites for hydroxylation is 2. The van der Waals surface area contributed by atoms with E-state index >= 15 is 0 Å². The Bertz CT molecular complexity index is 1230. The lowest BCUT2D eigenvalue weighted by Crippen LogP contribution is -2.28. The van der Waals surface area contributed by atoms with E-state index in [9.17, 15) is 17.6 Å². The topological polar surface area (TPSA) is 84.5 Å². The summed E-state index contributed by atoms with van der Waals surface area (Å²) in [6, 6.07) is 14.9. The summed E-state index contributed by atoms with van der Waals surface area (Å²) in [6.45, 7) is 4.03. The van der Waals surface area contributed by atoms with Gasteiger partial charge in [-0.15, -0.1) is 0 Å². The Morgan fingerprint density at radius 1 is 1.03 bits per heavy atom. The molecule has 0 atom stereocenters. The maximum absolute atomic E-state index is 12.9. The predicted molar refractivity (Wildman–Crippen MR) is 122 cm³/mol. The van der Waals surface area contributed by atoms with Crippen LogP contribution in [0.1, 0.15) is 21.5 Å². The Morgan fingerprint density at radius 3 is 2.44 bits per heavy atom. The Morgan fingerprint density at radius 2 is 1.75 bits per heavy atom. The van der Waals surface area contributed by atoms with Crippen LogP contribution in [0.4, 0.5) is 10.1 Å². The first kappa shape index (κ1) is 23.6. The van der Waals surface area contributed by atoms with Crippen LogP contribution in [0, 0.1) is 19.7 Å². The van der Waals surface area contributed by atoms with E-state index in [1.54, 1.807) is 19.1 Å². The third-order valence-corrected chi connectivity index (χ3v) is 6.43. The molecule has 3 aromatic rings. The van der Waals surface area contributed by atoms with Gasteiger partial charge < -0.3 is 10.1 Å². The quantitative estimate of drug-likeness (QED) is 0.461. The van der Waals surface area contributed by atoms with Gasteiger partial charge in [-0.2, -0.15) is 0 Å². The summed E-state index contributed by atoms with van der Waals surface area (Å²) < 4.78 is 46.6. The van der Waals surface area contributed by atoms with Crippen molar-refractivity contribution in [3.8, 4) is 5.75 Å². The van der Waals surface area contributed by atoms with Crippen molar-refractivity contribution < 1.29 is 22.3 Å². The van der Waals surface area contributed by atoms with Crippen molar-refractivity contribution in [1.29, 1.82) is 0 Å². The summed E-state index contributed by atoms with van der Waals surface area (Å²) in [7, 11) is -4.02. The maximum Gasteiger partial charge on any atom is 0.263 e. The van der Waals surface area contributed by atoms with Gasteiger partial charge in [0.05, 0.1) is 17.3 Å². The Balaban J connectivity index is 1.67. The molecular formula is C23H22ClFN2O4S. The van der Waals surface area contributed by atoms with Gasteiger partial charge in [-0.05, 0) is 67.9 Å². The average molecular weight is 477 g/mol. The fourth-order valence-electron chi connectivity index (χ4n) is 2.94. The van der Waals surface area contributed by atoms with Crippen LogP contribution in [0.25, 0.3) is 0 Å². The van der Waals surface area contributed by atoms with Gasteiger partial charge in [0.25, 0.3) is 15.9 Å². The minimum atomic E-state index is -4.02. The van der Waals surface area contributed by atoms with Crippen LogP contribution in [-0.2, 0) is 10.0 Å². The van der Waals surface area contributed by atoms with Crippen molar-refractivity contribution in [3.05, 3.63) is 88.2 Å². The molecule has 2 N–H and O–H groups in total. The number of carbonyl (C=O) groups is 1. The third-order valence-electron chi connectivity index (χ3n) is 4.58. The van der Waals surface area contributed by atoms with E-state index < -0.39 is 15.9 Å². The number of nitrogens with one attached hydrogen (secondary N) is 2. The lowest BCUT2D eigenvalue weighted by atomic mass is 10.1. The molecule has 0 radical (unpaired) electrons. The lowest BCUT2D eigenvalue weighted by molar-refractivity contribution is 0.0947. The zero-order valence-electron chi connectivity index (χ0n) is 17.5. The first-order chi connectivity index (χ1) is 15.2. The second kappa shape index (κ2) is 10.0. The number of carbonyl (C=O) groups excluding carboxylic acids is 1. The monoisotopic (exact) mass is 476 g/mol. The minimum Gasteiger partial charge on any atom is -0.492 e. The van der Waals surface area contributed by atoms with Crippen LogP contribution in [0.5, 0.6) is 5.75 Å². The summed E-state index contributed by atoms with van der Waals surface area (Å²) >= 11 is 6.12. The molecule has 0 aliphatic carbocycles. The van der Waals surface area contributed by atoms with Crippen molar-refractivity contribution in [2.24, 2.45) is 0 Å². The van der Waals surface area contributed by atoms with Crippen LogP contribution in [0.15, 0.2) is 65.6 Å². The number of benzene rings is 3. The van der Waals surface area contributed by atoms with E-state index in [1.165, 1.54) is 42.5 Å². The molecule has 9 heteroatoms. The van der Waals surface area contributed by atoms with Crippen LogP contribution in [0.3, 0.4) is 0 Å². The summed E-state index contributed by atoms with van der Waals surface area (Å²) in [6.07, 6.45) is 0. The fourth-order valence-corrected chi connectivity index (χ4v) is 4.60. The van der Waals surface area contributed by atoms with Crippen molar-refractivity contribution in [1.82, 2.24) is 5.32 Å². The van der Waals surface area contributed by atoms with E-state index in [0.29, 0.717) is 11.4 Å². The summed E-state index contributed by atoms with van der Waals surface area (Å²) in [4.78, 5) is 12.3. The fraction of sp³-hybridized carbons (Fsp3) is 0.174. The molecule has 0 heterocycles. The molecule has 1 amide bonds. The second-order valence-corrected chi connectivity index (χ2v) is 9.19. The predicted octanol–water partition coefficient (Wildman–Crippen LogP) is 4.71. The smallest absolute Gasteiger partial charge is 0.263 e. The Labute approximate surface area is 191 Å². The number of hydrogen-bond donors (Lipinski definition) is 2. The molecule has 0 saturated heterocycles. The second-order valence-electron chi connectivity index (χ2n) is 7.13. The molecular weight excluding hydrogens is 455 g/mol. The van der Waals surface area contributed by atoms with Gasteiger partial charge in [-0.3, -0.25) is 9.52 Å².